The zero-order valence-corrected chi connectivity index (χ0v) is 8.39. The second-order valence-corrected chi connectivity index (χ2v) is 4.12. The van der Waals surface area contributed by atoms with Gasteiger partial charge in [0.2, 0.25) is 12.6 Å². The van der Waals surface area contributed by atoms with Crippen LogP contribution in [0.4, 0.5) is 0 Å². The molecule has 1 aliphatic carbocycles. The van der Waals surface area contributed by atoms with Crippen molar-refractivity contribution < 1.29 is 4.76 Å². The van der Waals surface area contributed by atoms with Crippen LogP contribution in [-0.2, 0) is 0 Å². The molecular formula is C9H17ClNO+. The molecule has 1 aliphatic rings. The van der Waals surface area contributed by atoms with Gasteiger partial charge in [-0.25, -0.2) is 0 Å². The van der Waals surface area contributed by atoms with Gasteiger partial charge in [0.15, 0.2) is 0 Å². The summed E-state index contributed by atoms with van der Waals surface area (Å²) >= 11 is 5.50. The highest BCUT2D eigenvalue weighted by Gasteiger charge is 2.28. The first-order valence-corrected chi connectivity index (χ1v) is 5.27. The van der Waals surface area contributed by atoms with Crippen LogP contribution < -0.4 is 0 Å². The summed E-state index contributed by atoms with van der Waals surface area (Å²) in [4.78, 5) is 11.3. The molecular weight excluding hydrogens is 174 g/mol. The van der Waals surface area contributed by atoms with Crippen molar-refractivity contribution >= 4 is 11.6 Å². The highest BCUT2D eigenvalue weighted by atomic mass is 35.5. The van der Waals surface area contributed by atoms with E-state index >= 15 is 0 Å². The average molecular weight is 191 g/mol. The maximum atomic E-state index is 11.3. The third kappa shape index (κ3) is 2.74. The van der Waals surface area contributed by atoms with Crippen molar-refractivity contribution in [1.29, 1.82) is 0 Å². The Morgan fingerprint density at radius 3 is 2.42 bits per heavy atom. The van der Waals surface area contributed by atoms with E-state index in [9.17, 15) is 4.91 Å². The molecule has 0 amide bonds. The summed E-state index contributed by atoms with van der Waals surface area (Å²) in [6.45, 7) is 2.74. The molecule has 0 bridgehead atoms. The van der Waals surface area contributed by atoms with E-state index in [0.717, 1.165) is 18.8 Å². The average Bonchev–Trinajstić information content (AvgIpc) is 2.06. The van der Waals surface area contributed by atoms with Crippen LogP contribution in [-0.4, -0.2) is 23.2 Å². The normalized spacial score (nSPS) is 30.2. The van der Waals surface area contributed by atoms with E-state index in [4.69, 9.17) is 11.6 Å². The topological polar surface area (TPSA) is 20.1 Å². The minimum Gasteiger partial charge on any atom is -0.120 e. The number of halogens is 1. The monoisotopic (exact) mass is 190 g/mol. The maximum absolute atomic E-state index is 11.3. The van der Waals surface area contributed by atoms with Gasteiger partial charge in [0.1, 0.15) is 0 Å². The van der Waals surface area contributed by atoms with Gasteiger partial charge in [0.05, 0.1) is 5.88 Å². The van der Waals surface area contributed by atoms with Crippen LogP contribution >= 0.6 is 11.6 Å². The van der Waals surface area contributed by atoms with Gasteiger partial charge in [-0.2, -0.15) is 0 Å². The lowest BCUT2D eigenvalue weighted by atomic mass is 9.87. The first-order chi connectivity index (χ1) is 5.74. The predicted molar refractivity (Wildman–Crippen MR) is 50.6 cm³/mol. The molecule has 12 heavy (non-hydrogen) atoms. The molecule has 1 rings (SSSR count). The molecule has 0 aliphatic heterocycles. The first kappa shape index (κ1) is 9.97. The Morgan fingerprint density at radius 2 is 1.92 bits per heavy atom. The van der Waals surface area contributed by atoms with Crippen LogP contribution in [0, 0.1) is 10.8 Å². The zero-order chi connectivity index (χ0) is 8.97. The van der Waals surface area contributed by atoms with Crippen LogP contribution in [0.25, 0.3) is 0 Å². The second kappa shape index (κ2) is 4.80. The molecule has 0 aromatic heterocycles. The van der Waals surface area contributed by atoms with Gasteiger partial charge in [-0.1, -0.05) is 6.92 Å². The third-order valence-electron chi connectivity index (χ3n) is 2.70. The molecule has 3 heteroatoms. The van der Waals surface area contributed by atoms with Crippen molar-refractivity contribution in [3.8, 4) is 0 Å². The Balaban J connectivity index is 2.29. The fourth-order valence-electron chi connectivity index (χ4n) is 1.80. The summed E-state index contributed by atoms with van der Waals surface area (Å²) in [7, 11) is 0. The number of alkyl halides is 1. The summed E-state index contributed by atoms with van der Waals surface area (Å²) < 4.78 is 1.17. The van der Waals surface area contributed by atoms with Gasteiger partial charge in [0.25, 0.3) is 0 Å². The molecule has 1 saturated carbocycles. The lowest BCUT2D eigenvalue weighted by Gasteiger charge is -2.20. The van der Waals surface area contributed by atoms with Gasteiger partial charge in [-0.15, -0.1) is 11.6 Å². The minimum atomic E-state index is 0.250. The number of rotatable bonds is 3. The number of nitrogens with zero attached hydrogens (tertiary/aromatic N) is 1. The lowest BCUT2D eigenvalue weighted by Crippen LogP contribution is -2.29. The molecule has 0 spiro atoms. The fourth-order valence-corrected chi connectivity index (χ4v) is 1.96. The number of hydrogen-bond acceptors (Lipinski definition) is 1. The maximum Gasteiger partial charge on any atom is 0.205 e. The van der Waals surface area contributed by atoms with E-state index in [1.807, 2.05) is 0 Å². The van der Waals surface area contributed by atoms with Gasteiger partial charge in [0, 0.05) is 22.5 Å². The van der Waals surface area contributed by atoms with E-state index in [2.05, 4.69) is 6.92 Å². The molecule has 0 N–H and O–H groups in total. The van der Waals surface area contributed by atoms with Crippen molar-refractivity contribution in [2.24, 2.45) is 5.92 Å². The molecule has 0 heterocycles. The Morgan fingerprint density at radius 1 is 1.33 bits per heavy atom. The van der Waals surface area contributed by atoms with Gasteiger partial charge < -0.3 is 0 Å². The highest BCUT2D eigenvalue weighted by Crippen LogP contribution is 2.25. The molecule has 70 valence electrons. The minimum absolute atomic E-state index is 0.250. The molecule has 0 unspecified atom stereocenters. The first-order valence-electron chi connectivity index (χ1n) is 4.73. The van der Waals surface area contributed by atoms with Gasteiger partial charge in [-0.3, -0.25) is 0 Å². The number of nitroso groups, excluding NO2 is 1. The SMILES string of the molecule is CC1CCC([N+](=O)CCCl)CC1. The molecule has 0 saturated heterocycles. The van der Waals surface area contributed by atoms with Crippen molar-refractivity contribution in [3.63, 3.8) is 0 Å². The Bertz CT molecular complexity index is 153. The Kier molecular flexibility index (Phi) is 3.99. The van der Waals surface area contributed by atoms with Crippen molar-refractivity contribution in [2.75, 3.05) is 12.4 Å². The van der Waals surface area contributed by atoms with E-state index in [1.54, 1.807) is 0 Å². The number of hydrogen-bond donors (Lipinski definition) is 0. The van der Waals surface area contributed by atoms with Crippen LogP contribution in [0.15, 0.2) is 0 Å². The largest absolute Gasteiger partial charge is 0.205 e. The Hall–Kier alpha value is -0.110. The van der Waals surface area contributed by atoms with E-state index in [1.165, 1.54) is 17.6 Å². The van der Waals surface area contributed by atoms with E-state index in [0.29, 0.717) is 12.4 Å². The summed E-state index contributed by atoms with van der Waals surface area (Å²) in [5.74, 6) is 1.26. The molecule has 2 nitrogen and oxygen atoms in total. The molecule has 0 radical (unpaired) electrons. The smallest absolute Gasteiger partial charge is 0.120 e. The standard InChI is InChI=1S/C9H17ClNO/c1-8-2-4-9(5-3-8)11(12)7-6-10/h8-9H,2-7H2,1H3/q+1. The summed E-state index contributed by atoms with van der Waals surface area (Å²) in [5, 5.41) is 0. The molecule has 0 aromatic rings. The zero-order valence-electron chi connectivity index (χ0n) is 7.63. The molecule has 1 fully saturated rings. The second-order valence-electron chi connectivity index (χ2n) is 3.74. The van der Waals surface area contributed by atoms with Gasteiger partial charge >= 0.3 is 0 Å². The lowest BCUT2D eigenvalue weighted by molar-refractivity contribution is -0.586. The van der Waals surface area contributed by atoms with Crippen molar-refractivity contribution in [1.82, 2.24) is 0 Å². The summed E-state index contributed by atoms with van der Waals surface area (Å²) in [6.07, 6.45) is 4.51. The van der Waals surface area contributed by atoms with E-state index < -0.39 is 0 Å². The van der Waals surface area contributed by atoms with Crippen LogP contribution in [0.3, 0.4) is 0 Å². The van der Waals surface area contributed by atoms with Crippen LogP contribution in [0.1, 0.15) is 32.6 Å². The third-order valence-corrected chi connectivity index (χ3v) is 2.87. The molecule has 0 atom stereocenters. The summed E-state index contributed by atoms with van der Waals surface area (Å²) in [6, 6.07) is 0.250. The van der Waals surface area contributed by atoms with Crippen LogP contribution in [0.2, 0.25) is 0 Å². The van der Waals surface area contributed by atoms with Gasteiger partial charge in [-0.05, 0) is 18.8 Å². The summed E-state index contributed by atoms with van der Waals surface area (Å²) in [5.41, 5.74) is 0. The Labute approximate surface area is 78.9 Å². The molecule has 0 aromatic carbocycles. The quantitative estimate of drug-likeness (QED) is 0.495. The van der Waals surface area contributed by atoms with E-state index in [-0.39, 0.29) is 6.04 Å². The fraction of sp³-hybridized carbons (Fsp3) is 1.00. The van der Waals surface area contributed by atoms with Crippen LogP contribution in [0.5, 0.6) is 0 Å². The highest BCUT2D eigenvalue weighted by molar-refractivity contribution is 6.17. The predicted octanol–water partition coefficient (Wildman–Crippen LogP) is 2.58. The van der Waals surface area contributed by atoms with Crippen molar-refractivity contribution in [3.05, 3.63) is 4.91 Å². The van der Waals surface area contributed by atoms with Crippen molar-refractivity contribution in [2.45, 2.75) is 38.6 Å².